The van der Waals surface area contributed by atoms with Crippen LogP contribution < -0.4 is 14.8 Å². The highest BCUT2D eigenvalue weighted by Crippen LogP contribution is 2.38. The minimum absolute atomic E-state index is 0.0977. The Hall–Kier alpha value is -2.57. The van der Waals surface area contributed by atoms with Gasteiger partial charge in [-0.3, -0.25) is 4.98 Å². The Labute approximate surface area is 194 Å². The summed E-state index contributed by atoms with van der Waals surface area (Å²) in [6, 6.07) is 11.2. The fourth-order valence-corrected chi connectivity index (χ4v) is 3.79. The molecule has 1 aromatic heterocycles. The van der Waals surface area contributed by atoms with E-state index < -0.39 is 0 Å². The Morgan fingerprint density at radius 3 is 2.74 bits per heavy atom. The smallest absolute Gasteiger partial charge is 0.163 e. The molecule has 0 amide bonds. The van der Waals surface area contributed by atoms with E-state index in [4.69, 9.17) is 26.2 Å². The highest BCUT2D eigenvalue weighted by molar-refractivity contribution is 9.10. The number of ether oxygens (including phenoxy) is 2. The number of fused-ring (bicyclic) bond motifs is 1. The largest absolute Gasteiger partial charge is 0.493 e. The number of rotatable bonds is 9. The van der Waals surface area contributed by atoms with Crippen LogP contribution in [0.4, 0.5) is 11.4 Å². The second-order valence-corrected chi connectivity index (χ2v) is 8.09. The standard InChI is InChI=1S/C22H22BrClN4O3/c1-28(5-7-29)6-8-31-21-11-19-16(10-20(21)30-2)22(14(12-25)13-26-19)27-18-4-3-15(24)9-17(18)23/h3-4,9-11,13,29H,5-8H2,1-2H3,(H,26,27). The van der Waals surface area contributed by atoms with Crippen molar-refractivity contribution in [3.05, 3.63) is 51.6 Å². The number of nitrogens with zero attached hydrogens (tertiary/aromatic N) is 3. The summed E-state index contributed by atoms with van der Waals surface area (Å²) in [5, 5.41) is 23.3. The topological polar surface area (TPSA) is 90.6 Å². The second kappa shape index (κ2) is 10.6. The van der Waals surface area contributed by atoms with E-state index in [1.54, 1.807) is 25.3 Å². The number of aliphatic hydroxyl groups excluding tert-OH is 1. The van der Waals surface area contributed by atoms with E-state index in [1.807, 2.05) is 24.1 Å². The first-order valence-corrected chi connectivity index (χ1v) is 10.7. The summed E-state index contributed by atoms with van der Waals surface area (Å²) >= 11 is 9.54. The number of pyridine rings is 1. The molecule has 0 aliphatic heterocycles. The second-order valence-electron chi connectivity index (χ2n) is 6.80. The van der Waals surface area contributed by atoms with Gasteiger partial charge in [-0.05, 0) is 47.2 Å². The molecule has 0 aliphatic carbocycles. The van der Waals surface area contributed by atoms with Crippen molar-refractivity contribution in [2.24, 2.45) is 0 Å². The molecule has 162 valence electrons. The van der Waals surface area contributed by atoms with Crippen LogP contribution in [0, 0.1) is 11.3 Å². The summed E-state index contributed by atoms with van der Waals surface area (Å²) in [5.41, 5.74) is 2.43. The molecule has 0 radical (unpaired) electrons. The maximum atomic E-state index is 9.62. The summed E-state index contributed by atoms with van der Waals surface area (Å²) < 4.78 is 12.2. The van der Waals surface area contributed by atoms with Crippen LogP contribution in [0.5, 0.6) is 11.5 Å². The van der Waals surface area contributed by atoms with Crippen LogP contribution >= 0.6 is 27.5 Å². The molecule has 0 atom stereocenters. The summed E-state index contributed by atoms with van der Waals surface area (Å²) in [4.78, 5) is 6.39. The Morgan fingerprint density at radius 2 is 2.06 bits per heavy atom. The molecule has 0 fully saturated rings. The van der Waals surface area contributed by atoms with E-state index in [1.165, 1.54) is 6.20 Å². The first kappa shape index (κ1) is 23.1. The SMILES string of the molecule is COc1cc2c(Nc3ccc(Cl)cc3Br)c(C#N)cnc2cc1OCCN(C)CCO. The van der Waals surface area contributed by atoms with Crippen LogP contribution in [0.1, 0.15) is 5.56 Å². The van der Waals surface area contributed by atoms with Crippen LogP contribution in [0.3, 0.4) is 0 Å². The number of hydrogen-bond acceptors (Lipinski definition) is 7. The van der Waals surface area contributed by atoms with E-state index in [-0.39, 0.29) is 6.61 Å². The van der Waals surface area contributed by atoms with Gasteiger partial charge in [-0.2, -0.15) is 5.26 Å². The third kappa shape index (κ3) is 5.57. The Morgan fingerprint density at radius 1 is 1.26 bits per heavy atom. The molecule has 3 rings (SSSR count). The van der Waals surface area contributed by atoms with Gasteiger partial charge in [0.1, 0.15) is 12.7 Å². The maximum Gasteiger partial charge on any atom is 0.163 e. The van der Waals surface area contributed by atoms with Gasteiger partial charge in [-0.25, -0.2) is 0 Å². The van der Waals surface area contributed by atoms with Gasteiger partial charge in [0.05, 0.1) is 36.2 Å². The lowest BCUT2D eigenvalue weighted by Crippen LogP contribution is -2.27. The quantitative estimate of drug-likeness (QED) is 0.440. The molecule has 1 heterocycles. The van der Waals surface area contributed by atoms with E-state index in [0.717, 1.165) is 15.5 Å². The van der Waals surface area contributed by atoms with E-state index in [9.17, 15) is 5.26 Å². The lowest BCUT2D eigenvalue weighted by atomic mass is 10.1. The Kier molecular flexibility index (Phi) is 7.93. The Bertz CT molecular complexity index is 1120. The first-order chi connectivity index (χ1) is 15.0. The molecule has 0 spiro atoms. The lowest BCUT2D eigenvalue weighted by molar-refractivity contribution is 0.190. The summed E-state index contributed by atoms with van der Waals surface area (Å²) in [6.45, 7) is 1.75. The van der Waals surface area contributed by atoms with E-state index in [2.05, 4.69) is 32.3 Å². The fraction of sp³-hybridized carbons (Fsp3) is 0.273. The average Bonchev–Trinajstić information content (AvgIpc) is 2.75. The zero-order chi connectivity index (χ0) is 22.4. The van der Waals surface area contributed by atoms with Gasteiger partial charge in [0.25, 0.3) is 0 Å². The molecule has 0 saturated carbocycles. The zero-order valence-electron chi connectivity index (χ0n) is 17.2. The van der Waals surface area contributed by atoms with Gasteiger partial charge in [-0.15, -0.1) is 0 Å². The molecule has 9 heteroatoms. The molecule has 0 saturated heterocycles. The molecule has 2 aromatic carbocycles. The highest BCUT2D eigenvalue weighted by Gasteiger charge is 2.15. The van der Waals surface area contributed by atoms with Crippen LogP contribution in [-0.2, 0) is 0 Å². The molecule has 2 N–H and O–H groups in total. The molecule has 3 aromatic rings. The predicted molar refractivity (Wildman–Crippen MR) is 126 cm³/mol. The number of likely N-dealkylation sites (N-methyl/N-ethyl adjacent to an activating group) is 1. The number of anilines is 2. The molecule has 0 unspecified atom stereocenters. The number of aromatic nitrogens is 1. The first-order valence-electron chi connectivity index (χ1n) is 9.52. The van der Waals surface area contributed by atoms with Crippen LogP contribution in [0.2, 0.25) is 5.02 Å². The van der Waals surface area contributed by atoms with Crippen molar-refractivity contribution < 1.29 is 14.6 Å². The molecular formula is C22H22BrClN4O3. The van der Waals surface area contributed by atoms with Crippen molar-refractivity contribution in [1.29, 1.82) is 5.26 Å². The van der Waals surface area contributed by atoms with Crippen molar-refractivity contribution in [2.45, 2.75) is 0 Å². The minimum atomic E-state index is 0.0977. The van der Waals surface area contributed by atoms with Gasteiger partial charge >= 0.3 is 0 Å². The van der Waals surface area contributed by atoms with Gasteiger partial charge in [0.2, 0.25) is 0 Å². The number of methoxy groups -OCH3 is 1. The van der Waals surface area contributed by atoms with E-state index >= 15 is 0 Å². The summed E-state index contributed by atoms with van der Waals surface area (Å²) in [7, 11) is 3.48. The number of aliphatic hydroxyl groups is 1. The molecule has 31 heavy (non-hydrogen) atoms. The van der Waals surface area contributed by atoms with Gasteiger partial charge in [0.15, 0.2) is 11.5 Å². The number of benzene rings is 2. The molecule has 0 bridgehead atoms. The van der Waals surface area contributed by atoms with Crippen molar-refractivity contribution in [3.8, 4) is 17.6 Å². The van der Waals surface area contributed by atoms with Crippen molar-refractivity contribution in [1.82, 2.24) is 9.88 Å². The fourth-order valence-electron chi connectivity index (χ4n) is 3.01. The number of hydrogen-bond donors (Lipinski definition) is 2. The van der Waals surface area contributed by atoms with Gasteiger partial charge in [-0.1, -0.05) is 11.6 Å². The van der Waals surface area contributed by atoms with Crippen LogP contribution in [0.15, 0.2) is 41.0 Å². The van der Waals surface area contributed by atoms with Crippen molar-refractivity contribution in [3.63, 3.8) is 0 Å². The highest BCUT2D eigenvalue weighted by atomic mass is 79.9. The Balaban J connectivity index is 1.97. The van der Waals surface area contributed by atoms with Crippen molar-refractivity contribution >= 4 is 49.8 Å². The van der Waals surface area contributed by atoms with Gasteiger partial charge in [0, 0.05) is 40.2 Å². The van der Waals surface area contributed by atoms with Crippen LogP contribution in [-0.4, -0.2) is 55.5 Å². The summed E-state index contributed by atoms with van der Waals surface area (Å²) in [5.74, 6) is 1.09. The summed E-state index contributed by atoms with van der Waals surface area (Å²) in [6.07, 6.45) is 1.53. The third-order valence-electron chi connectivity index (χ3n) is 4.68. The molecule has 7 nitrogen and oxygen atoms in total. The molecule has 0 aliphatic rings. The predicted octanol–water partition coefficient (Wildman–Crippen LogP) is 4.58. The normalized spacial score (nSPS) is 10.9. The third-order valence-corrected chi connectivity index (χ3v) is 5.57. The number of nitrogens with one attached hydrogen (secondary N) is 1. The monoisotopic (exact) mass is 504 g/mol. The minimum Gasteiger partial charge on any atom is -0.493 e. The lowest BCUT2D eigenvalue weighted by Gasteiger charge is -2.18. The number of nitriles is 1. The van der Waals surface area contributed by atoms with Crippen LogP contribution in [0.25, 0.3) is 10.9 Å². The molecular weight excluding hydrogens is 484 g/mol. The van der Waals surface area contributed by atoms with E-state index in [0.29, 0.717) is 53.0 Å². The average molecular weight is 506 g/mol. The number of halogens is 2. The van der Waals surface area contributed by atoms with Crippen molar-refractivity contribution in [2.75, 3.05) is 45.8 Å². The maximum absolute atomic E-state index is 9.62. The van der Waals surface area contributed by atoms with Gasteiger partial charge < -0.3 is 24.8 Å². The zero-order valence-corrected chi connectivity index (χ0v) is 19.5.